The van der Waals surface area contributed by atoms with Gasteiger partial charge in [0.1, 0.15) is 0 Å². The van der Waals surface area contributed by atoms with Gasteiger partial charge in [0.15, 0.2) is 0 Å². The van der Waals surface area contributed by atoms with Gasteiger partial charge >= 0.3 is 0 Å². The van der Waals surface area contributed by atoms with Gasteiger partial charge < -0.3 is 9.52 Å². The molecule has 0 aliphatic rings. The first-order chi connectivity index (χ1) is 6.20. The summed E-state index contributed by atoms with van der Waals surface area (Å²) < 4.78 is 5.00. The molecule has 74 valence electrons. The van der Waals surface area contributed by atoms with E-state index in [1.165, 1.54) is 5.56 Å². The Labute approximate surface area is 79.6 Å². The van der Waals surface area contributed by atoms with Gasteiger partial charge in [0, 0.05) is 6.61 Å². The zero-order valence-corrected chi connectivity index (χ0v) is 8.42. The van der Waals surface area contributed by atoms with Crippen molar-refractivity contribution in [2.24, 2.45) is 5.41 Å². The van der Waals surface area contributed by atoms with Crippen molar-refractivity contribution in [1.82, 2.24) is 0 Å². The minimum absolute atomic E-state index is 0.0125. The quantitative estimate of drug-likeness (QED) is 0.759. The van der Waals surface area contributed by atoms with E-state index in [9.17, 15) is 5.11 Å². The smallest absolute Gasteiger partial charge is 0.0934 e. The van der Waals surface area contributed by atoms with E-state index in [0.717, 1.165) is 19.3 Å². The van der Waals surface area contributed by atoms with Gasteiger partial charge in [-0.05, 0) is 29.9 Å². The summed E-state index contributed by atoms with van der Waals surface area (Å²) in [4.78, 5) is 0. The molecule has 0 saturated heterocycles. The summed E-state index contributed by atoms with van der Waals surface area (Å²) in [5, 5.41) is 9.28. The standard InChI is InChI=1S/C11H18O2/c1-3-5-11(2,9-12)7-10-4-6-13-8-10/h4,6,8,12H,3,5,7,9H2,1-2H3. The van der Waals surface area contributed by atoms with Crippen molar-refractivity contribution < 1.29 is 9.52 Å². The topological polar surface area (TPSA) is 33.4 Å². The highest BCUT2D eigenvalue weighted by Gasteiger charge is 2.22. The van der Waals surface area contributed by atoms with Gasteiger partial charge in [0.25, 0.3) is 0 Å². The van der Waals surface area contributed by atoms with Crippen LogP contribution in [-0.4, -0.2) is 11.7 Å². The Morgan fingerprint density at radius 2 is 2.31 bits per heavy atom. The summed E-state index contributed by atoms with van der Waals surface area (Å²) in [5.41, 5.74) is 1.18. The molecule has 0 fully saturated rings. The minimum Gasteiger partial charge on any atom is -0.472 e. The molecule has 0 aliphatic carbocycles. The number of rotatable bonds is 5. The highest BCUT2D eigenvalue weighted by Crippen LogP contribution is 2.27. The molecule has 1 atom stereocenters. The minimum atomic E-state index is 0.0125. The molecule has 0 aliphatic heterocycles. The molecule has 1 heterocycles. The van der Waals surface area contributed by atoms with E-state index in [-0.39, 0.29) is 12.0 Å². The molecule has 0 amide bonds. The van der Waals surface area contributed by atoms with Gasteiger partial charge in [-0.15, -0.1) is 0 Å². The van der Waals surface area contributed by atoms with Crippen LogP contribution in [0, 0.1) is 5.41 Å². The maximum Gasteiger partial charge on any atom is 0.0934 e. The molecule has 2 heteroatoms. The van der Waals surface area contributed by atoms with E-state index in [2.05, 4.69) is 13.8 Å². The van der Waals surface area contributed by atoms with Crippen LogP contribution in [0.15, 0.2) is 23.0 Å². The SMILES string of the molecule is CCCC(C)(CO)Cc1ccoc1. The number of hydrogen-bond donors (Lipinski definition) is 1. The van der Waals surface area contributed by atoms with Crippen LogP contribution >= 0.6 is 0 Å². The summed E-state index contributed by atoms with van der Waals surface area (Å²) in [7, 11) is 0. The van der Waals surface area contributed by atoms with Crippen LogP contribution in [-0.2, 0) is 6.42 Å². The zero-order chi connectivity index (χ0) is 9.73. The Bertz CT molecular complexity index is 228. The lowest BCUT2D eigenvalue weighted by Gasteiger charge is -2.25. The average Bonchev–Trinajstić information content (AvgIpc) is 2.57. The zero-order valence-electron chi connectivity index (χ0n) is 8.42. The van der Waals surface area contributed by atoms with Crippen molar-refractivity contribution in [3.63, 3.8) is 0 Å². The number of aliphatic hydroxyl groups excluding tert-OH is 1. The molecule has 1 aromatic heterocycles. The molecule has 13 heavy (non-hydrogen) atoms. The number of furan rings is 1. The van der Waals surface area contributed by atoms with Crippen LogP contribution in [0.4, 0.5) is 0 Å². The van der Waals surface area contributed by atoms with E-state index in [1.807, 2.05) is 6.07 Å². The Morgan fingerprint density at radius 3 is 2.77 bits per heavy atom. The van der Waals surface area contributed by atoms with Gasteiger partial charge in [-0.1, -0.05) is 20.3 Å². The largest absolute Gasteiger partial charge is 0.472 e. The van der Waals surface area contributed by atoms with Crippen molar-refractivity contribution in [3.05, 3.63) is 24.2 Å². The molecule has 0 saturated carbocycles. The molecule has 1 rings (SSSR count). The molecule has 2 nitrogen and oxygen atoms in total. The second kappa shape index (κ2) is 4.47. The van der Waals surface area contributed by atoms with Gasteiger partial charge in [-0.3, -0.25) is 0 Å². The summed E-state index contributed by atoms with van der Waals surface area (Å²) in [6.45, 7) is 4.50. The Balaban J connectivity index is 2.58. The van der Waals surface area contributed by atoms with Gasteiger partial charge in [-0.2, -0.15) is 0 Å². The maximum absolute atomic E-state index is 9.28. The van der Waals surface area contributed by atoms with Gasteiger partial charge in [0.2, 0.25) is 0 Å². The lowest BCUT2D eigenvalue weighted by atomic mass is 9.81. The van der Waals surface area contributed by atoms with E-state index in [4.69, 9.17) is 4.42 Å². The van der Waals surface area contributed by atoms with Crippen molar-refractivity contribution >= 4 is 0 Å². The van der Waals surface area contributed by atoms with Gasteiger partial charge in [-0.25, -0.2) is 0 Å². The van der Waals surface area contributed by atoms with Crippen LogP contribution < -0.4 is 0 Å². The van der Waals surface area contributed by atoms with Crippen LogP contribution in [0.1, 0.15) is 32.3 Å². The van der Waals surface area contributed by atoms with Gasteiger partial charge in [0.05, 0.1) is 12.5 Å². The molecule has 0 radical (unpaired) electrons. The molecular weight excluding hydrogens is 164 g/mol. The fourth-order valence-corrected chi connectivity index (χ4v) is 1.71. The summed E-state index contributed by atoms with van der Waals surface area (Å²) in [5.74, 6) is 0. The summed E-state index contributed by atoms with van der Waals surface area (Å²) in [6.07, 6.45) is 6.49. The van der Waals surface area contributed by atoms with Crippen LogP contribution in [0.25, 0.3) is 0 Å². The van der Waals surface area contributed by atoms with E-state index in [0.29, 0.717) is 0 Å². The Morgan fingerprint density at radius 1 is 1.54 bits per heavy atom. The predicted molar refractivity (Wildman–Crippen MR) is 52.5 cm³/mol. The molecule has 0 spiro atoms. The molecule has 1 unspecified atom stereocenters. The first-order valence-electron chi connectivity index (χ1n) is 4.82. The lowest BCUT2D eigenvalue weighted by molar-refractivity contribution is 0.131. The first-order valence-corrected chi connectivity index (χ1v) is 4.82. The second-order valence-corrected chi connectivity index (χ2v) is 4.03. The predicted octanol–water partition coefficient (Wildman–Crippen LogP) is 2.62. The third-order valence-electron chi connectivity index (χ3n) is 2.45. The molecule has 0 bridgehead atoms. The van der Waals surface area contributed by atoms with E-state index >= 15 is 0 Å². The first kappa shape index (κ1) is 10.3. The molecule has 0 aromatic carbocycles. The number of aliphatic hydroxyl groups is 1. The monoisotopic (exact) mass is 182 g/mol. The highest BCUT2D eigenvalue weighted by atomic mass is 16.3. The van der Waals surface area contributed by atoms with Crippen LogP contribution in [0.2, 0.25) is 0 Å². The third-order valence-corrected chi connectivity index (χ3v) is 2.45. The Hall–Kier alpha value is -0.760. The maximum atomic E-state index is 9.28. The molecular formula is C11H18O2. The van der Waals surface area contributed by atoms with E-state index < -0.39 is 0 Å². The van der Waals surface area contributed by atoms with Crippen molar-refractivity contribution in [2.75, 3.05) is 6.61 Å². The average molecular weight is 182 g/mol. The lowest BCUT2D eigenvalue weighted by Crippen LogP contribution is -2.23. The van der Waals surface area contributed by atoms with Crippen molar-refractivity contribution in [2.45, 2.75) is 33.1 Å². The fourth-order valence-electron chi connectivity index (χ4n) is 1.71. The highest BCUT2D eigenvalue weighted by molar-refractivity contribution is 5.08. The number of hydrogen-bond acceptors (Lipinski definition) is 2. The Kier molecular flexibility index (Phi) is 3.55. The van der Waals surface area contributed by atoms with E-state index in [1.54, 1.807) is 12.5 Å². The normalized spacial score (nSPS) is 15.6. The second-order valence-electron chi connectivity index (χ2n) is 4.03. The fraction of sp³-hybridized carbons (Fsp3) is 0.636. The molecule has 1 aromatic rings. The summed E-state index contributed by atoms with van der Waals surface area (Å²) in [6, 6.07) is 1.96. The van der Waals surface area contributed by atoms with Crippen LogP contribution in [0.3, 0.4) is 0 Å². The van der Waals surface area contributed by atoms with Crippen molar-refractivity contribution in [1.29, 1.82) is 0 Å². The molecule has 1 N–H and O–H groups in total. The summed E-state index contributed by atoms with van der Waals surface area (Å²) >= 11 is 0. The van der Waals surface area contributed by atoms with Crippen molar-refractivity contribution in [3.8, 4) is 0 Å². The van der Waals surface area contributed by atoms with Crippen LogP contribution in [0.5, 0.6) is 0 Å². The third kappa shape index (κ3) is 2.88.